The minimum Gasteiger partial charge on any atom is -0.352 e. The first kappa shape index (κ1) is 36.4. The third-order valence-electron chi connectivity index (χ3n) is 6.82. The third kappa shape index (κ3) is 15.6. The van der Waals surface area contributed by atoms with Gasteiger partial charge in [0, 0.05) is 31.1 Å². The van der Waals surface area contributed by atoms with E-state index < -0.39 is 10.1 Å². The summed E-state index contributed by atoms with van der Waals surface area (Å²) in [6, 6.07) is 8.97. The highest BCUT2D eigenvalue weighted by Gasteiger charge is 2.13. The van der Waals surface area contributed by atoms with Gasteiger partial charge >= 0.3 is 0 Å². The van der Waals surface area contributed by atoms with E-state index in [0.29, 0.717) is 37.2 Å². The molecule has 12 nitrogen and oxygen atoms in total. The van der Waals surface area contributed by atoms with Crippen LogP contribution >= 0.6 is 0 Å². The van der Waals surface area contributed by atoms with E-state index in [1.807, 2.05) is 0 Å². The van der Waals surface area contributed by atoms with Crippen molar-refractivity contribution in [1.29, 1.82) is 0 Å². The van der Waals surface area contributed by atoms with Crippen molar-refractivity contribution in [2.45, 2.75) is 102 Å². The molecule has 0 spiro atoms. The summed E-state index contributed by atoms with van der Waals surface area (Å²) in [5.41, 5.74) is 8.14. The number of rotatable bonds is 21. The van der Waals surface area contributed by atoms with Crippen LogP contribution in [0, 0.1) is 0 Å². The number of nitrogens with one attached hydrogen (secondary N) is 4. The van der Waals surface area contributed by atoms with E-state index in [1.54, 1.807) is 18.2 Å². The van der Waals surface area contributed by atoms with Crippen molar-refractivity contribution < 1.29 is 27.4 Å². The first-order valence-electron chi connectivity index (χ1n) is 15.4. The Morgan fingerprint density at radius 3 is 2.00 bits per heavy atom. The van der Waals surface area contributed by atoms with Crippen LogP contribution in [0.5, 0.6) is 0 Å². The predicted octanol–water partition coefficient (Wildman–Crippen LogP) is 5.13. The largest absolute Gasteiger partial charge is 0.352 e. The van der Waals surface area contributed by atoms with Gasteiger partial charge in [0.25, 0.3) is 16.0 Å². The molecule has 0 atom stereocenters. The second-order valence-electron chi connectivity index (χ2n) is 10.6. The smallest absolute Gasteiger partial charge is 0.295 e. The van der Waals surface area contributed by atoms with Gasteiger partial charge in [0.05, 0.1) is 11.8 Å². The van der Waals surface area contributed by atoms with Gasteiger partial charge in [-0.25, -0.2) is 4.98 Å². The summed E-state index contributed by atoms with van der Waals surface area (Å²) < 4.78 is 32.2. The minimum atomic E-state index is -4.38. The molecule has 0 fully saturated rings. The molecule has 0 saturated heterocycles. The Kier molecular flexibility index (Phi) is 17.3. The fraction of sp³-hybridized carbons (Fsp3) is 0.516. The molecule has 0 bridgehead atoms. The molecule has 1 heterocycles. The summed E-state index contributed by atoms with van der Waals surface area (Å²) in [6.45, 7) is 2.65. The van der Waals surface area contributed by atoms with E-state index in [4.69, 9.17) is 0 Å². The van der Waals surface area contributed by atoms with Gasteiger partial charge in [-0.15, -0.1) is 0 Å². The molecule has 2 aromatic rings. The fourth-order valence-electron chi connectivity index (χ4n) is 4.34. The van der Waals surface area contributed by atoms with Crippen LogP contribution in [-0.4, -0.2) is 48.4 Å². The highest BCUT2D eigenvalue weighted by molar-refractivity contribution is 7.86. The van der Waals surface area contributed by atoms with E-state index in [0.717, 1.165) is 25.7 Å². The van der Waals surface area contributed by atoms with Crippen LogP contribution in [0.2, 0.25) is 0 Å². The maximum Gasteiger partial charge on any atom is 0.295 e. The lowest BCUT2D eigenvalue weighted by Gasteiger charge is -2.08. The number of hydrazine groups is 1. The molecule has 1 aromatic carbocycles. The molecule has 242 valence electrons. The van der Waals surface area contributed by atoms with Crippen LogP contribution in [0.25, 0.3) is 0 Å². The lowest BCUT2D eigenvalue weighted by Crippen LogP contribution is -2.41. The Labute approximate surface area is 260 Å². The zero-order valence-corrected chi connectivity index (χ0v) is 26.3. The second-order valence-corrected chi connectivity index (χ2v) is 11.9. The zero-order chi connectivity index (χ0) is 32.0. The zero-order valence-electron chi connectivity index (χ0n) is 25.5. The molecule has 0 aliphatic carbocycles. The monoisotopic (exact) mass is 630 g/mol. The lowest BCUT2D eigenvalue weighted by atomic mass is 10.1. The van der Waals surface area contributed by atoms with Crippen molar-refractivity contribution in [1.82, 2.24) is 21.2 Å². The van der Waals surface area contributed by atoms with Gasteiger partial charge in [-0.05, 0) is 37.5 Å². The standard InChI is InChI=1S/C31H46N6O6S/c1-2-3-4-5-6-7-8-9-11-18-29(38)36-37-30(39)19-12-10-15-22-32-31(40)26-20-21-28(33-23-26)35-34-24-25-16-13-14-17-27(25)44(41,42)43/h13-14,16-17,20-21,23-24H,2-12,15,18-19,22H2,1H3,(H,32,40)(H,33,35)(H,36,38)(H,37,39)(H,41,42,43)/b34-24+. The Hall–Kier alpha value is -3.84. The normalized spacial score (nSPS) is 11.3. The van der Waals surface area contributed by atoms with Gasteiger partial charge in [0.15, 0.2) is 0 Å². The number of hydrogen-bond donors (Lipinski definition) is 5. The van der Waals surface area contributed by atoms with Crippen LogP contribution in [0.1, 0.15) is 113 Å². The van der Waals surface area contributed by atoms with E-state index in [-0.39, 0.29) is 34.6 Å². The number of benzene rings is 1. The molecule has 0 radical (unpaired) electrons. The molecule has 0 unspecified atom stereocenters. The van der Waals surface area contributed by atoms with E-state index >= 15 is 0 Å². The van der Waals surface area contributed by atoms with Gasteiger partial charge in [-0.3, -0.25) is 35.2 Å². The van der Waals surface area contributed by atoms with Gasteiger partial charge < -0.3 is 5.32 Å². The summed E-state index contributed by atoms with van der Waals surface area (Å²) >= 11 is 0. The van der Waals surface area contributed by atoms with Crippen LogP contribution in [0.4, 0.5) is 5.82 Å². The molecule has 1 aromatic heterocycles. The summed E-state index contributed by atoms with van der Waals surface area (Å²) in [5, 5.41) is 6.75. The number of carbonyl (C=O) groups excluding carboxylic acids is 3. The van der Waals surface area contributed by atoms with Crippen LogP contribution in [-0.2, 0) is 19.7 Å². The van der Waals surface area contributed by atoms with Crippen molar-refractivity contribution in [2.75, 3.05) is 12.0 Å². The van der Waals surface area contributed by atoms with Crippen LogP contribution in [0.15, 0.2) is 52.6 Å². The summed E-state index contributed by atoms with van der Waals surface area (Å²) in [6.07, 6.45) is 16.0. The summed E-state index contributed by atoms with van der Waals surface area (Å²) in [4.78, 5) is 40.1. The Morgan fingerprint density at radius 2 is 1.41 bits per heavy atom. The van der Waals surface area contributed by atoms with Crippen LogP contribution in [0.3, 0.4) is 0 Å². The molecule has 44 heavy (non-hydrogen) atoms. The molecular weight excluding hydrogens is 584 g/mol. The topological polar surface area (TPSA) is 179 Å². The number of amides is 3. The first-order chi connectivity index (χ1) is 21.2. The Bertz CT molecular complexity index is 1300. The van der Waals surface area contributed by atoms with Crippen molar-refractivity contribution in [3.05, 3.63) is 53.7 Å². The van der Waals surface area contributed by atoms with Crippen molar-refractivity contribution >= 4 is 39.9 Å². The average Bonchev–Trinajstić information content (AvgIpc) is 3.01. The number of pyridine rings is 1. The highest BCUT2D eigenvalue weighted by Crippen LogP contribution is 2.14. The SMILES string of the molecule is CCCCCCCCCCCC(=O)NNC(=O)CCCCCNC(=O)c1ccc(N/N=C/c2ccccc2S(=O)(=O)O)nc1. The number of anilines is 1. The second kappa shape index (κ2) is 21.0. The summed E-state index contributed by atoms with van der Waals surface area (Å²) in [5.74, 6) is -0.361. The molecule has 2 rings (SSSR count). The third-order valence-corrected chi connectivity index (χ3v) is 7.75. The summed E-state index contributed by atoms with van der Waals surface area (Å²) in [7, 11) is -4.38. The van der Waals surface area contributed by atoms with Crippen LogP contribution < -0.4 is 21.6 Å². The van der Waals surface area contributed by atoms with E-state index in [9.17, 15) is 27.4 Å². The number of carbonyl (C=O) groups is 3. The minimum absolute atomic E-state index is 0.170. The average molecular weight is 631 g/mol. The molecular formula is C31H46N6O6S. The van der Waals surface area contributed by atoms with E-state index in [2.05, 4.69) is 38.6 Å². The molecule has 0 aliphatic heterocycles. The Morgan fingerprint density at radius 1 is 0.818 bits per heavy atom. The van der Waals surface area contributed by atoms with Gasteiger partial charge in [-0.2, -0.15) is 13.5 Å². The highest BCUT2D eigenvalue weighted by atomic mass is 32.2. The first-order valence-corrected chi connectivity index (χ1v) is 16.8. The van der Waals surface area contributed by atoms with Gasteiger partial charge in [0.2, 0.25) is 11.8 Å². The van der Waals surface area contributed by atoms with Crippen molar-refractivity contribution in [2.24, 2.45) is 5.10 Å². The molecule has 0 aliphatic rings. The predicted molar refractivity (Wildman–Crippen MR) is 171 cm³/mol. The van der Waals surface area contributed by atoms with Gasteiger partial charge in [-0.1, -0.05) is 82.9 Å². The quantitative estimate of drug-likeness (QED) is 0.0545. The molecule has 0 saturated carbocycles. The number of hydrogen-bond acceptors (Lipinski definition) is 8. The molecule has 5 N–H and O–H groups in total. The van der Waals surface area contributed by atoms with E-state index in [1.165, 1.54) is 69.1 Å². The van der Waals surface area contributed by atoms with Crippen molar-refractivity contribution in [3.63, 3.8) is 0 Å². The Balaban J connectivity index is 1.53. The number of nitrogens with zero attached hydrogens (tertiary/aromatic N) is 2. The van der Waals surface area contributed by atoms with Gasteiger partial charge in [0.1, 0.15) is 10.7 Å². The number of aromatic nitrogens is 1. The number of hydrazone groups is 1. The lowest BCUT2D eigenvalue weighted by molar-refractivity contribution is -0.129. The fourth-order valence-corrected chi connectivity index (χ4v) is 5.01. The maximum absolute atomic E-state index is 12.4. The number of unbranched alkanes of at least 4 members (excludes halogenated alkanes) is 10. The molecule has 3 amide bonds. The van der Waals surface area contributed by atoms with Crippen molar-refractivity contribution in [3.8, 4) is 0 Å². The molecule has 13 heteroatoms. The maximum atomic E-state index is 12.4.